The fourth-order valence-corrected chi connectivity index (χ4v) is 2.56. The molecule has 1 heterocycles. The molecule has 0 unspecified atom stereocenters. The van der Waals surface area contributed by atoms with E-state index >= 15 is 0 Å². The molecule has 0 atom stereocenters. The van der Waals surface area contributed by atoms with Crippen LogP contribution in [0, 0.1) is 5.82 Å². The van der Waals surface area contributed by atoms with Gasteiger partial charge in [0.25, 0.3) is 0 Å². The topological polar surface area (TPSA) is 32.7 Å². The molecule has 0 radical (unpaired) electrons. The van der Waals surface area contributed by atoms with Gasteiger partial charge in [0.2, 0.25) is 0 Å². The van der Waals surface area contributed by atoms with Gasteiger partial charge in [-0.1, -0.05) is 30.3 Å². The quantitative estimate of drug-likeness (QED) is 0.942. The first-order chi connectivity index (χ1) is 10.3. The standard InChI is InChI=1S/C17H18FNO2/c18-16-2-1-3-17-15(16)11-19(8-9-21-17)10-13-4-6-14(12-20)7-5-13/h1-7,20H,8-12H2. The molecule has 110 valence electrons. The second-order valence-corrected chi connectivity index (χ2v) is 5.25. The highest BCUT2D eigenvalue weighted by atomic mass is 19.1. The number of aliphatic hydroxyl groups is 1. The van der Waals surface area contributed by atoms with Gasteiger partial charge in [0.05, 0.1) is 6.61 Å². The summed E-state index contributed by atoms with van der Waals surface area (Å²) in [7, 11) is 0. The van der Waals surface area contributed by atoms with E-state index in [4.69, 9.17) is 9.84 Å². The van der Waals surface area contributed by atoms with E-state index < -0.39 is 0 Å². The van der Waals surface area contributed by atoms with Gasteiger partial charge in [-0.2, -0.15) is 0 Å². The van der Waals surface area contributed by atoms with Crippen LogP contribution < -0.4 is 4.74 Å². The normalized spacial score (nSPS) is 15.1. The first-order valence-electron chi connectivity index (χ1n) is 7.07. The van der Waals surface area contributed by atoms with Gasteiger partial charge in [-0.15, -0.1) is 0 Å². The molecule has 2 aromatic carbocycles. The van der Waals surface area contributed by atoms with Crippen molar-refractivity contribution < 1.29 is 14.2 Å². The number of hydrogen-bond acceptors (Lipinski definition) is 3. The van der Waals surface area contributed by atoms with Crippen LogP contribution >= 0.6 is 0 Å². The zero-order valence-electron chi connectivity index (χ0n) is 11.8. The molecule has 1 aliphatic heterocycles. The van der Waals surface area contributed by atoms with E-state index in [1.165, 1.54) is 6.07 Å². The molecular weight excluding hydrogens is 269 g/mol. The van der Waals surface area contributed by atoms with E-state index in [0.29, 0.717) is 24.5 Å². The van der Waals surface area contributed by atoms with Crippen LogP contribution in [-0.2, 0) is 19.7 Å². The monoisotopic (exact) mass is 287 g/mol. The van der Waals surface area contributed by atoms with E-state index in [-0.39, 0.29) is 12.4 Å². The minimum absolute atomic E-state index is 0.0520. The van der Waals surface area contributed by atoms with Crippen molar-refractivity contribution in [2.24, 2.45) is 0 Å². The summed E-state index contributed by atoms with van der Waals surface area (Å²) in [4.78, 5) is 2.17. The van der Waals surface area contributed by atoms with Crippen LogP contribution in [-0.4, -0.2) is 23.2 Å². The lowest BCUT2D eigenvalue weighted by Crippen LogP contribution is -2.25. The van der Waals surface area contributed by atoms with Crippen LogP contribution in [0.1, 0.15) is 16.7 Å². The molecule has 0 bridgehead atoms. The molecule has 0 saturated heterocycles. The molecule has 1 aliphatic rings. The number of benzene rings is 2. The molecule has 0 saturated carbocycles. The molecule has 21 heavy (non-hydrogen) atoms. The Morgan fingerprint density at radius 1 is 1.10 bits per heavy atom. The SMILES string of the molecule is OCc1ccc(CN2CCOc3cccc(F)c3C2)cc1. The molecular formula is C17H18FNO2. The lowest BCUT2D eigenvalue weighted by Gasteiger charge is -2.19. The average Bonchev–Trinajstić information content (AvgIpc) is 2.71. The predicted octanol–water partition coefficient (Wildman–Crippen LogP) is 2.71. The molecule has 3 nitrogen and oxygen atoms in total. The first-order valence-corrected chi connectivity index (χ1v) is 7.07. The summed E-state index contributed by atoms with van der Waals surface area (Å²) < 4.78 is 19.5. The number of halogens is 1. The van der Waals surface area contributed by atoms with Gasteiger partial charge >= 0.3 is 0 Å². The van der Waals surface area contributed by atoms with Crippen LogP contribution in [0.4, 0.5) is 4.39 Å². The van der Waals surface area contributed by atoms with Crippen molar-refractivity contribution in [2.75, 3.05) is 13.2 Å². The largest absolute Gasteiger partial charge is 0.492 e. The van der Waals surface area contributed by atoms with Crippen molar-refractivity contribution in [3.63, 3.8) is 0 Å². The fraction of sp³-hybridized carbons (Fsp3) is 0.294. The first kappa shape index (κ1) is 14.0. The minimum Gasteiger partial charge on any atom is -0.492 e. The van der Waals surface area contributed by atoms with Crippen LogP contribution in [0.2, 0.25) is 0 Å². The molecule has 3 rings (SSSR count). The average molecular weight is 287 g/mol. The number of fused-ring (bicyclic) bond motifs is 1. The maximum atomic E-state index is 13.9. The Bertz CT molecular complexity index is 613. The third-order valence-corrected chi connectivity index (χ3v) is 3.73. The minimum atomic E-state index is -0.213. The summed E-state index contributed by atoms with van der Waals surface area (Å²) in [5.41, 5.74) is 2.67. The lowest BCUT2D eigenvalue weighted by atomic mass is 10.1. The Balaban J connectivity index is 1.75. The van der Waals surface area contributed by atoms with Crippen molar-refractivity contribution in [3.8, 4) is 5.75 Å². The molecule has 0 fully saturated rings. The molecule has 1 N–H and O–H groups in total. The Hall–Kier alpha value is -1.91. The van der Waals surface area contributed by atoms with E-state index in [1.807, 2.05) is 30.3 Å². The van der Waals surface area contributed by atoms with Crippen molar-refractivity contribution in [1.29, 1.82) is 0 Å². The highest BCUT2D eigenvalue weighted by molar-refractivity contribution is 5.35. The van der Waals surface area contributed by atoms with Gasteiger partial charge in [0.1, 0.15) is 18.2 Å². The summed E-state index contributed by atoms with van der Waals surface area (Å²) in [6.07, 6.45) is 0. The Kier molecular flexibility index (Phi) is 4.18. The van der Waals surface area contributed by atoms with Crippen LogP contribution in [0.5, 0.6) is 5.75 Å². The van der Waals surface area contributed by atoms with E-state index in [2.05, 4.69) is 4.90 Å². The number of rotatable bonds is 3. The fourth-order valence-electron chi connectivity index (χ4n) is 2.56. The predicted molar refractivity (Wildman–Crippen MR) is 78.4 cm³/mol. The summed E-state index contributed by atoms with van der Waals surface area (Å²) >= 11 is 0. The van der Waals surface area contributed by atoms with Gasteiger partial charge < -0.3 is 9.84 Å². The number of hydrogen-bond donors (Lipinski definition) is 1. The molecule has 0 amide bonds. The van der Waals surface area contributed by atoms with Gasteiger partial charge in [0, 0.05) is 25.2 Å². The number of ether oxygens (including phenoxy) is 1. The van der Waals surface area contributed by atoms with Gasteiger partial charge in [-0.25, -0.2) is 4.39 Å². The van der Waals surface area contributed by atoms with Gasteiger partial charge in [-0.05, 0) is 23.3 Å². The summed E-state index contributed by atoms with van der Waals surface area (Å²) in [5, 5.41) is 9.06. The molecule has 0 spiro atoms. The highest BCUT2D eigenvalue weighted by Gasteiger charge is 2.18. The van der Waals surface area contributed by atoms with Gasteiger partial charge in [-0.3, -0.25) is 4.90 Å². The smallest absolute Gasteiger partial charge is 0.131 e. The zero-order valence-corrected chi connectivity index (χ0v) is 11.8. The Labute approximate surface area is 123 Å². The van der Waals surface area contributed by atoms with E-state index in [9.17, 15) is 4.39 Å². The Morgan fingerprint density at radius 2 is 1.86 bits per heavy atom. The molecule has 0 aromatic heterocycles. The van der Waals surface area contributed by atoms with E-state index in [0.717, 1.165) is 24.2 Å². The summed E-state index contributed by atoms with van der Waals surface area (Å²) in [6.45, 7) is 2.66. The zero-order chi connectivity index (χ0) is 14.7. The van der Waals surface area contributed by atoms with Gasteiger partial charge in [0.15, 0.2) is 0 Å². The van der Waals surface area contributed by atoms with E-state index in [1.54, 1.807) is 6.07 Å². The lowest BCUT2D eigenvalue weighted by molar-refractivity contribution is 0.219. The van der Waals surface area contributed by atoms with Crippen molar-refractivity contribution in [2.45, 2.75) is 19.7 Å². The van der Waals surface area contributed by atoms with Crippen molar-refractivity contribution >= 4 is 0 Å². The summed E-state index contributed by atoms with van der Waals surface area (Å²) in [6, 6.07) is 12.8. The second kappa shape index (κ2) is 6.24. The van der Waals surface area contributed by atoms with Crippen LogP contribution in [0.25, 0.3) is 0 Å². The molecule has 0 aliphatic carbocycles. The third-order valence-electron chi connectivity index (χ3n) is 3.73. The Morgan fingerprint density at radius 3 is 2.62 bits per heavy atom. The number of nitrogens with zero attached hydrogens (tertiary/aromatic N) is 1. The molecule has 2 aromatic rings. The maximum absolute atomic E-state index is 13.9. The highest BCUT2D eigenvalue weighted by Crippen LogP contribution is 2.26. The third kappa shape index (κ3) is 3.23. The van der Waals surface area contributed by atoms with Crippen molar-refractivity contribution in [1.82, 2.24) is 4.90 Å². The maximum Gasteiger partial charge on any atom is 0.131 e. The number of aliphatic hydroxyl groups excluding tert-OH is 1. The van der Waals surface area contributed by atoms with Crippen LogP contribution in [0.3, 0.4) is 0 Å². The summed E-state index contributed by atoms with van der Waals surface area (Å²) in [5.74, 6) is 0.433. The van der Waals surface area contributed by atoms with Crippen molar-refractivity contribution in [3.05, 3.63) is 65.0 Å². The second-order valence-electron chi connectivity index (χ2n) is 5.25. The molecule has 4 heteroatoms. The van der Waals surface area contributed by atoms with Crippen LogP contribution in [0.15, 0.2) is 42.5 Å².